The number of carbonyl (C=O) groups is 1. The van der Waals surface area contributed by atoms with Gasteiger partial charge in [-0.25, -0.2) is 8.42 Å². The van der Waals surface area contributed by atoms with Crippen molar-refractivity contribution in [2.75, 3.05) is 24.3 Å². The van der Waals surface area contributed by atoms with Crippen molar-refractivity contribution in [1.82, 2.24) is 9.97 Å². The molecular weight excluding hydrogens is 384 g/mol. The number of methoxy groups -OCH3 is 2. The molecule has 0 atom stereocenters. The second-order valence-electron chi connectivity index (χ2n) is 6.38. The van der Waals surface area contributed by atoms with Gasteiger partial charge in [0, 0.05) is 17.7 Å². The van der Waals surface area contributed by atoms with Crippen LogP contribution in [0.25, 0.3) is 0 Å². The van der Waals surface area contributed by atoms with E-state index in [1.807, 2.05) is 0 Å². The van der Waals surface area contributed by atoms with Gasteiger partial charge in [-0.3, -0.25) is 9.52 Å². The first-order valence-corrected chi connectivity index (χ1v) is 10.3. The number of amides is 1. The summed E-state index contributed by atoms with van der Waals surface area (Å²) in [5, 5.41) is 2.83. The summed E-state index contributed by atoms with van der Waals surface area (Å²) >= 11 is 0. The van der Waals surface area contributed by atoms with Crippen molar-refractivity contribution in [1.29, 1.82) is 0 Å². The van der Waals surface area contributed by atoms with E-state index in [1.165, 1.54) is 32.4 Å². The number of benzene rings is 1. The lowest BCUT2D eigenvalue weighted by Crippen LogP contribution is -2.20. The van der Waals surface area contributed by atoms with Crippen LogP contribution in [0.3, 0.4) is 0 Å². The average Bonchev–Trinajstić information content (AvgIpc) is 3.22. The number of aromatic nitrogens is 2. The number of ether oxygens (including phenoxy) is 2. The van der Waals surface area contributed by atoms with Gasteiger partial charge in [0.15, 0.2) is 5.82 Å². The molecule has 1 fully saturated rings. The summed E-state index contributed by atoms with van der Waals surface area (Å²) in [4.78, 5) is 20.1. The highest BCUT2D eigenvalue weighted by atomic mass is 32.2. The van der Waals surface area contributed by atoms with Crippen LogP contribution < -0.4 is 19.5 Å². The summed E-state index contributed by atoms with van der Waals surface area (Å²) in [6.45, 7) is 0. The normalized spacial score (nSPS) is 14.5. The van der Waals surface area contributed by atoms with Crippen LogP contribution in [0, 0.1) is 5.92 Å². The summed E-state index contributed by atoms with van der Waals surface area (Å²) in [5.74, 6) is 0.191. The summed E-state index contributed by atoms with van der Waals surface area (Å²) in [7, 11) is -1.12. The molecule has 0 bridgehead atoms. The molecule has 1 amide bonds. The highest BCUT2D eigenvalue weighted by Gasteiger charge is 2.23. The molecule has 0 saturated heterocycles. The van der Waals surface area contributed by atoms with E-state index in [1.54, 1.807) is 12.1 Å². The van der Waals surface area contributed by atoms with Gasteiger partial charge in [0.1, 0.15) is 0 Å². The van der Waals surface area contributed by atoms with Crippen LogP contribution in [0.5, 0.6) is 11.9 Å². The van der Waals surface area contributed by atoms with Gasteiger partial charge < -0.3 is 14.8 Å². The third kappa shape index (κ3) is 4.69. The van der Waals surface area contributed by atoms with Crippen molar-refractivity contribution < 1.29 is 22.7 Å². The van der Waals surface area contributed by atoms with Gasteiger partial charge in [-0.2, -0.15) is 9.97 Å². The first-order chi connectivity index (χ1) is 13.4. The monoisotopic (exact) mass is 406 g/mol. The minimum Gasteiger partial charge on any atom is -0.481 e. The Kier molecular flexibility index (Phi) is 5.98. The number of anilines is 2. The largest absolute Gasteiger partial charge is 0.481 e. The maximum Gasteiger partial charge on any atom is 0.321 e. The molecule has 150 valence electrons. The highest BCUT2D eigenvalue weighted by molar-refractivity contribution is 7.92. The van der Waals surface area contributed by atoms with Crippen molar-refractivity contribution in [2.45, 2.75) is 30.6 Å². The van der Waals surface area contributed by atoms with Crippen molar-refractivity contribution in [3.05, 3.63) is 30.3 Å². The number of carbonyl (C=O) groups excluding carboxylic acids is 1. The molecule has 1 heterocycles. The van der Waals surface area contributed by atoms with Crippen LogP contribution in [0.4, 0.5) is 11.5 Å². The van der Waals surface area contributed by atoms with Crippen LogP contribution in [0.15, 0.2) is 35.2 Å². The zero-order valence-corrected chi connectivity index (χ0v) is 16.5. The van der Waals surface area contributed by atoms with E-state index in [-0.39, 0.29) is 34.4 Å². The van der Waals surface area contributed by atoms with Gasteiger partial charge in [-0.05, 0) is 37.1 Å². The zero-order valence-electron chi connectivity index (χ0n) is 15.6. The topological polar surface area (TPSA) is 120 Å². The average molecular weight is 406 g/mol. The van der Waals surface area contributed by atoms with Crippen molar-refractivity contribution in [3.8, 4) is 11.9 Å². The molecule has 9 nitrogen and oxygen atoms in total. The Morgan fingerprint density at radius 1 is 1.07 bits per heavy atom. The highest BCUT2D eigenvalue weighted by Crippen LogP contribution is 2.26. The van der Waals surface area contributed by atoms with Gasteiger partial charge in [0.25, 0.3) is 10.0 Å². The van der Waals surface area contributed by atoms with Gasteiger partial charge in [-0.15, -0.1) is 0 Å². The molecule has 28 heavy (non-hydrogen) atoms. The fourth-order valence-corrected chi connectivity index (χ4v) is 3.99. The third-order valence-corrected chi connectivity index (χ3v) is 5.84. The first kappa shape index (κ1) is 19.9. The van der Waals surface area contributed by atoms with E-state index < -0.39 is 10.0 Å². The third-order valence-electron chi connectivity index (χ3n) is 4.47. The zero-order chi connectivity index (χ0) is 20.1. The lowest BCUT2D eigenvalue weighted by molar-refractivity contribution is -0.119. The molecule has 2 aromatic rings. The Morgan fingerprint density at radius 2 is 1.75 bits per heavy atom. The minimum absolute atomic E-state index is 0.0160. The van der Waals surface area contributed by atoms with Crippen LogP contribution in [0.2, 0.25) is 0 Å². The van der Waals surface area contributed by atoms with E-state index >= 15 is 0 Å². The molecule has 0 unspecified atom stereocenters. The minimum atomic E-state index is -3.89. The maximum absolute atomic E-state index is 12.6. The first-order valence-electron chi connectivity index (χ1n) is 8.82. The molecule has 1 saturated carbocycles. The molecule has 1 aromatic carbocycles. The van der Waals surface area contributed by atoms with Crippen LogP contribution in [-0.4, -0.2) is 38.5 Å². The lowest BCUT2D eigenvalue weighted by Gasteiger charge is -2.12. The van der Waals surface area contributed by atoms with Gasteiger partial charge in [-0.1, -0.05) is 12.8 Å². The molecule has 0 radical (unpaired) electrons. The van der Waals surface area contributed by atoms with E-state index in [9.17, 15) is 13.2 Å². The van der Waals surface area contributed by atoms with Crippen LogP contribution in [0.1, 0.15) is 25.7 Å². The Balaban J connectivity index is 1.72. The number of hydrogen-bond acceptors (Lipinski definition) is 7. The Labute approximate surface area is 163 Å². The Morgan fingerprint density at radius 3 is 2.36 bits per heavy atom. The van der Waals surface area contributed by atoms with Crippen LogP contribution >= 0.6 is 0 Å². The van der Waals surface area contributed by atoms with Crippen molar-refractivity contribution >= 4 is 27.4 Å². The summed E-state index contributed by atoms with van der Waals surface area (Å²) < 4.78 is 37.5. The molecule has 1 aromatic heterocycles. The standard InChI is InChI=1S/C18H22N4O5S/c1-26-16-11-15(20-18(21-16)27-2)22-28(24,25)14-9-7-13(8-10-14)19-17(23)12-5-3-4-6-12/h7-12H,3-6H2,1-2H3,(H,19,23)(H,20,21,22). The fraction of sp³-hybridized carbons (Fsp3) is 0.389. The van der Waals surface area contributed by atoms with E-state index in [0.29, 0.717) is 5.69 Å². The summed E-state index contributed by atoms with van der Waals surface area (Å²) in [5.41, 5.74) is 0.557. The predicted molar refractivity (Wildman–Crippen MR) is 103 cm³/mol. The summed E-state index contributed by atoms with van der Waals surface area (Å²) in [6.07, 6.45) is 3.93. The van der Waals surface area contributed by atoms with E-state index in [2.05, 4.69) is 20.0 Å². The SMILES string of the molecule is COc1cc(NS(=O)(=O)c2ccc(NC(=O)C3CCCC3)cc2)nc(OC)n1. The fourth-order valence-electron chi connectivity index (χ4n) is 3.00. The molecule has 1 aliphatic rings. The lowest BCUT2D eigenvalue weighted by atomic mass is 10.1. The Hall–Kier alpha value is -2.88. The van der Waals surface area contributed by atoms with Crippen molar-refractivity contribution in [3.63, 3.8) is 0 Å². The molecule has 10 heteroatoms. The number of hydrogen-bond donors (Lipinski definition) is 2. The van der Waals surface area contributed by atoms with Gasteiger partial charge in [0.05, 0.1) is 19.1 Å². The predicted octanol–water partition coefficient (Wildman–Crippen LogP) is 2.42. The maximum atomic E-state index is 12.6. The van der Waals surface area contributed by atoms with E-state index in [0.717, 1.165) is 25.7 Å². The van der Waals surface area contributed by atoms with Gasteiger partial charge in [0.2, 0.25) is 11.8 Å². The number of nitrogens with one attached hydrogen (secondary N) is 2. The second-order valence-corrected chi connectivity index (χ2v) is 8.07. The van der Waals surface area contributed by atoms with Crippen LogP contribution in [-0.2, 0) is 14.8 Å². The van der Waals surface area contributed by atoms with E-state index in [4.69, 9.17) is 9.47 Å². The number of sulfonamides is 1. The number of nitrogens with zero attached hydrogens (tertiary/aromatic N) is 2. The molecule has 2 N–H and O–H groups in total. The van der Waals surface area contributed by atoms with Crippen molar-refractivity contribution in [2.24, 2.45) is 5.92 Å². The molecular formula is C18H22N4O5S. The molecule has 3 rings (SSSR count). The second kappa shape index (κ2) is 8.42. The molecule has 1 aliphatic carbocycles. The summed E-state index contributed by atoms with van der Waals surface area (Å²) in [6, 6.07) is 7.27. The quantitative estimate of drug-likeness (QED) is 0.724. The molecule has 0 spiro atoms. The smallest absolute Gasteiger partial charge is 0.321 e. The number of rotatable bonds is 7. The Bertz CT molecular complexity index is 919. The van der Waals surface area contributed by atoms with Gasteiger partial charge >= 0.3 is 6.01 Å². The molecule has 0 aliphatic heterocycles.